The van der Waals surface area contributed by atoms with E-state index in [9.17, 15) is 9.59 Å². The minimum atomic E-state index is -0.868. The van der Waals surface area contributed by atoms with Gasteiger partial charge in [-0.05, 0) is 6.42 Å². The lowest BCUT2D eigenvalue weighted by Crippen LogP contribution is -2.20. The third-order valence-corrected chi connectivity index (χ3v) is 3.82. The maximum atomic E-state index is 11.8. The highest BCUT2D eigenvalue weighted by atomic mass is 16.6. The zero-order chi connectivity index (χ0) is 19.6. The molecular weight excluding hydrogens is 348 g/mol. The fraction of sp³-hybridized carbons (Fsp3) is 0.619. The van der Waals surface area contributed by atoms with Crippen molar-refractivity contribution < 1.29 is 28.5 Å². The van der Waals surface area contributed by atoms with Crippen LogP contribution in [0.1, 0.15) is 49.4 Å². The van der Waals surface area contributed by atoms with Crippen molar-refractivity contribution in [1.29, 1.82) is 0 Å². The Bertz CT molecular complexity index is 503. The number of unbranched alkanes of at least 4 members (excludes halogenated alkanes) is 4. The van der Waals surface area contributed by atoms with Crippen molar-refractivity contribution >= 4 is 11.8 Å². The normalized spacial score (nSPS) is 10.7. The van der Waals surface area contributed by atoms with Crippen LogP contribution in [0.15, 0.2) is 30.3 Å². The second-order valence-corrected chi connectivity index (χ2v) is 6.08. The molecule has 0 fully saturated rings. The molecule has 6 nitrogen and oxygen atoms in total. The Balaban J connectivity index is 1.85. The van der Waals surface area contributed by atoms with Crippen molar-refractivity contribution in [2.75, 3.05) is 46.2 Å². The lowest BCUT2D eigenvalue weighted by molar-refractivity contribution is -0.139. The largest absolute Gasteiger partial charge is 0.457 e. The van der Waals surface area contributed by atoms with Gasteiger partial charge in [0.25, 0.3) is 5.78 Å². The number of benzene rings is 1. The first-order valence-corrected chi connectivity index (χ1v) is 9.75. The molecule has 1 rings (SSSR count). The summed E-state index contributed by atoms with van der Waals surface area (Å²) in [4.78, 5) is 23.4. The standard InChI is InChI=1S/C21H32O6/c1-2-3-4-5-9-12-24-13-14-25-15-16-26-17-18-27-21(23)20(22)19-10-7-6-8-11-19/h6-8,10-11H,2-5,9,12-18H2,1H3. The number of carbonyl (C=O) groups excluding carboxylic acids is 2. The van der Waals surface area contributed by atoms with E-state index < -0.39 is 11.8 Å². The molecule has 0 atom stereocenters. The summed E-state index contributed by atoms with van der Waals surface area (Å²) in [5, 5.41) is 0. The molecule has 1 aromatic carbocycles. The Labute approximate surface area is 162 Å². The highest BCUT2D eigenvalue weighted by Gasteiger charge is 2.16. The van der Waals surface area contributed by atoms with Gasteiger partial charge in [-0.15, -0.1) is 0 Å². The monoisotopic (exact) mass is 380 g/mol. The first-order chi connectivity index (χ1) is 13.3. The van der Waals surface area contributed by atoms with Gasteiger partial charge in [-0.2, -0.15) is 0 Å². The second kappa shape index (κ2) is 16.4. The van der Waals surface area contributed by atoms with Crippen LogP contribution in [0.3, 0.4) is 0 Å². The molecule has 0 N–H and O–H groups in total. The lowest BCUT2D eigenvalue weighted by Gasteiger charge is -2.07. The number of Topliss-reactive ketones (excluding diaryl/α,β-unsaturated/α-hetero) is 1. The zero-order valence-corrected chi connectivity index (χ0v) is 16.3. The van der Waals surface area contributed by atoms with Crippen molar-refractivity contribution in [2.45, 2.75) is 39.0 Å². The predicted molar refractivity (Wildman–Crippen MR) is 103 cm³/mol. The van der Waals surface area contributed by atoms with E-state index in [1.54, 1.807) is 30.3 Å². The van der Waals surface area contributed by atoms with Crippen LogP contribution in [0.5, 0.6) is 0 Å². The number of hydrogen-bond donors (Lipinski definition) is 0. The van der Waals surface area contributed by atoms with E-state index in [0.29, 0.717) is 32.0 Å². The highest BCUT2D eigenvalue weighted by molar-refractivity contribution is 6.40. The topological polar surface area (TPSA) is 71.1 Å². The number of hydrogen-bond acceptors (Lipinski definition) is 6. The lowest BCUT2D eigenvalue weighted by atomic mass is 10.1. The molecule has 0 amide bonds. The van der Waals surface area contributed by atoms with Gasteiger partial charge in [0.2, 0.25) is 0 Å². The SMILES string of the molecule is CCCCCCCOCCOCCOCCOC(=O)C(=O)c1ccccc1. The molecule has 6 heteroatoms. The first kappa shape index (κ1) is 23.3. The van der Waals surface area contributed by atoms with E-state index in [2.05, 4.69) is 6.92 Å². The molecule has 0 spiro atoms. The molecule has 0 heterocycles. The first-order valence-electron chi connectivity index (χ1n) is 9.75. The van der Waals surface area contributed by atoms with Crippen LogP contribution < -0.4 is 0 Å². The fourth-order valence-electron chi connectivity index (χ4n) is 2.32. The summed E-state index contributed by atoms with van der Waals surface area (Å²) >= 11 is 0. The second-order valence-electron chi connectivity index (χ2n) is 6.08. The van der Waals surface area contributed by atoms with Gasteiger partial charge in [0.15, 0.2) is 0 Å². The summed E-state index contributed by atoms with van der Waals surface area (Å²) in [5.41, 5.74) is 0.319. The van der Waals surface area contributed by atoms with Gasteiger partial charge >= 0.3 is 5.97 Å². The van der Waals surface area contributed by atoms with E-state index in [4.69, 9.17) is 18.9 Å². The smallest absolute Gasteiger partial charge is 0.379 e. The molecule has 0 bridgehead atoms. The van der Waals surface area contributed by atoms with Crippen LogP contribution in [0.2, 0.25) is 0 Å². The van der Waals surface area contributed by atoms with Gasteiger partial charge in [-0.1, -0.05) is 62.9 Å². The van der Waals surface area contributed by atoms with Crippen LogP contribution in [-0.4, -0.2) is 58.0 Å². The van der Waals surface area contributed by atoms with Gasteiger partial charge in [0.05, 0.1) is 33.0 Å². The van der Waals surface area contributed by atoms with E-state index in [0.717, 1.165) is 13.0 Å². The molecule has 0 saturated carbocycles. The minimum absolute atomic E-state index is 0.0402. The number of ether oxygens (including phenoxy) is 4. The maximum absolute atomic E-state index is 11.8. The van der Waals surface area contributed by atoms with Gasteiger partial charge in [-0.3, -0.25) is 4.79 Å². The van der Waals surface area contributed by atoms with Crippen LogP contribution >= 0.6 is 0 Å². The molecular formula is C21H32O6. The summed E-state index contributed by atoms with van der Waals surface area (Å²) in [7, 11) is 0. The summed E-state index contributed by atoms with van der Waals surface area (Å²) in [6, 6.07) is 8.32. The molecule has 0 unspecified atom stereocenters. The quantitative estimate of drug-likeness (QED) is 0.178. The molecule has 0 aliphatic rings. The van der Waals surface area contributed by atoms with Crippen LogP contribution in [0.4, 0.5) is 0 Å². The van der Waals surface area contributed by atoms with Crippen molar-refractivity contribution in [3.8, 4) is 0 Å². The molecule has 0 aliphatic carbocycles. The Morgan fingerprint density at radius 1 is 0.704 bits per heavy atom. The van der Waals surface area contributed by atoms with Crippen molar-refractivity contribution in [1.82, 2.24) is 0 Å². The summed E-state index contributed by atoms with van der Waals surface area (Å²) < 4.78 is 21.1. The van der Waals surface area contributed by atoms with Crippen molar-refractivity contribution in [3.05, 3.63) is 35.9 Å². The Kier molecular flexibility index (Phi) is 14.2. The van der Waals surface area contributed by atoms with E-state index in [-0.39, 0.29) is 13.2 Å². The Morgan fingerprint density at radius 3 is 1.89 bits per heavy atom. The number of esters is 1. The van der Waals surface area contributed by atoms with Crippen LogP contribution in [0.25, 0.3) is 0 Å². The van der Waals surface area contributed by atoms with Crippen LogP contribution in [-0.2, 0) is 23.7 Å². The zero-order valence-electron chi connectivity index (χ0n) is 16.3. The van der Waals surface area contributed by atoms with Crippen molar-refractivity contribution in [3.63, 3.8) is 0 Å². The molecule has 0 aliphatic heterocycles. The minimum Gasteiger partial charge on any atom is -0.457 e. The third-order valence-electron chi connectivity index (χ3n) is 3.82. The Hall–Kier alpha value is -1.76. The Morgan fingerprint density at radius 2 is 1.26 bits per heavy atom. The molecule has 0 aromatic heterocycles. The summed E-state index contributed by atoms with van der Waals surface area (Å²) in [6.45, 7) is 5.25. The number of rotatable bonds is 17. The third kappa shape index (κ3) is 12.3. The highest BCUT2D eigenvalue weighted by Crippen LogP contribution is 2.02. The number of carbonyl (C=O) groups is 2. The van der Waals surface area contributed by atoms with Gasteiger partial charge in [0, 0.05) is 12.2 Å². The van der Waals surface area contributed by atoms with Gasteiger partial charge in [0.1, 0.15) is 6.61 Å². The maximum Gasteiger partial charge on any atom is 0.379 e. The number of ketones is 1. The van der Waals surface area contributed by atoms with E-state index in [1.165, 1.54) is 25.7 Å². The van der Waals surface area contributed by atoms with Gasteiger partial charge < -0.3 is 18.9 Å². The van der Waals surface area contributed by atoms with E-state index in [1.807, 2.05) is 0 Å². The molecule has 27 heavy (non-hydrogen) atoms. The van der Waals surface area contributed by atoms with Crippen LogP contribution in [0, 0.1) is 0 Å². The average molecular weight is 380 g/mol. The average Bonchev–Trinajstić information content (AvgIpc) is 2.70. The summed E-state index contributed by atoms with van der Waals surface area (Å²) in [5.74, 6) is -1.52. The molecule has 0 saturated heterocycles. The van der Waals surface area contributed by atoms with E-state index >= 15 is 0 Å². The van der Waals surface area contributed by atoms with Crippen molar-refractivity contribution in [2.24, 2.45) is 0 Å². The molecule has 152 valence electrons. The van der Waals surface area contributed by atoms with Gasteiger partial charge in [-0.25, -0.2) is 4.79 Å². The predicted octanol–water partition coefficient (Wildman–Crippen LogP) is 3.43. The molecule has 0 radical (unpaired) electrons. The summed E-state index contributed by atoms with van der Waals surface area (Å²) in [6.07, 6.45) is 6.17. The fourth-order valence-corrected chi connectivity index (χ4v) is 2.32. The molecule has 1 aromatic rings.